The van der Waals surface area contributed by atoms with E-state index in [1.165, 1.54) is 4.80 Å². The van der Waals surface area contributed by atoms with Crippen molar-refractivity contribution in [2.45, 2.75) is 32.4 Å². The Morgan fingerprint density at radius 3 is 2.31 bits per heavy atom. The minimum Gasteiger partial charge on any atom is -0.356 e. The van der Waals surface area contributed by atoms with Gasteiger partial charge in [0.2, 0.25) is 17.6 Å². The molecule has 0 radical (unpaired) electrons. The van der Waals surface area contributed by atoms with E-state index in [1.807, 2.05) is 60.7 Å². The third kappa shape index (κ3) is 6.84. The van der Waals surface area contributed by atoms with E-state index in [9.17, 15) is 9.59 Å². The number of tetrazole rings is 1. The molecule has 0 aliphatic carbocycles. The van der Waals surface area contributed by atoms with E-state index in [4.69, 9.17) is 0 Å². The number of nitrogens with one attached hydrogen (secondary N) is 2. The highest BCUT2D eigenvalue weighted by Crippen LogP contribution is 2.11. The van der Waals surface area contributed by atoms with Crippen LogP contribution in [-0.4, -0.2) is 38.6 Å². The van der Waals surface area contributed by atoms with Gasteiger partial charge in [0.25, 0.3) is 0 Å². The third-order valence-electron chi connectivity index (χ3n) is 4.25. The van der Waals surface area contributed by atoms with Gasteiger partial charge in [0.15, 0.2) is 0 Å². The summed E-state index contributed by atoms with van der Waals surface area (Å²) in [6.07, 6.45) is 1.19. The van der Waals surface area contributed by atoms with Crippen molar-refractivity contribution < 1.29 is 9.59 Å². The van der Waals surface area contributed by atoms with Gasteiger partial charge in [-0.05, 0) is 17.2 Å². The molecule has 3 aromatic rings. The molecular weight excluding hydrogens is 368 g/mol. The number of rotatable bonds is 10. The van der Waals surface area contributed by atoms with Crippen LogP contribution in [0.3, 0.4) is 0 Å². The molecule has 8 heteroatoms. The highest BCUT2D eigenvalue weighted by molar-refractivity contribution is 5.78. The summed E-state index contributed by atoms with van der Waals surface area (Å²) in [4.78, 5) is 25.2. The van der Waals surface area contributed by atoms with Crippen LogP contribution in [0.15, 0.2) is 60.7 Å². The fourth-order valence-corrected chi connectivity index (χ4v) is 2.71. The number of carbonyl (C=O) groups is 2. The molecule has 0 bridgehead atoms. The first-order chi connectivity index (χ1) is 14.2. The van der Waals surface area contributed by atoms with Crippen LogP contribution in [-0.2, 0) is 22.7 Å². The van der Waals surface area contributed by atoms with Crippen LogP contribution in [0.25, 0.3) is 11.4 Å². The van der Waals surface area contributed by atoms with E-state index >= 15 is 0 Å². The average Bonchev–Trinajstić information content (AvgIpc) is 3.23. The second-order valence-corrected chi connectivity index (χ2v) is 6.54. The zero-order valence-corrected chi connectivity index (χ0v) is 16.1. The predicted molar refractivity (Wildman–Crippen MR) is 108 cm³/mol. The topological polar surface area (TPSA) is 102 Å². The molecule has 0 aliphatic rings. The van der Waals surface area contributed by atoms with Gasteiger partial charge in [0.1, 0.15) is 0 Å². The molecule has 0 atom stereocenters. The molecule has 0 saturated carbocycles. The second kappa shape index (κ2) is 10.7. The van der Waals surface area contributed by atoms with Gasteiger partial charge in [-0.15, -0.1) is 10.2 Å². The first-order valence-corrected chi connectivity index (χ1v) is 9.61. The zero-order chi connectivity index (χ0) is 20.3. The van der Waals surface area contributed by atoms with Crippen molar-refractivity contribution in [2.24, 2.45) is 0 Å². The molecule has 0 saturated heterocycles. The standard InChI is InChI=1S/C21H24N6O2/c28-19(22-14-13-20(29)23-16-17-8-3-1-4-9-17)12-7-15-27-25-21(24-26-27)18-10-5-2-6-11-18/h1-6,8-11H,7,12-16H2,(H,22,28)(H,23,29). The molecule has 2 amide bonds. The van der Waals surface area contributed by atoms with Crippen LogP contribution in [0, 0.1) is 0 Å². The number of benzene rings is 2. The third-order valence-corrected chi connectivity index (χ3v) is 4.25. The molecule has 0 unspecified atom stereocenters. The first-order valence-electron chi connectivity index (χ1n) is 9.61. The Labute approximate surface area is 169 Å². The summed E-state index contributed by atoms with van der Waals surface area (Å²) >= 11 is 0. The molecule has 0 spiro atoms. The number of aryl methyl sites for hydroxylation is 1. The molecule has 2 aromatic carbocycles. The van der Waals surface area contributed by atoms with Crippen LogP contribution >= 0.6 is 0 Å². The lowest BCUT2D eigenvalue weighted by Gasteiger charge is -2.07. The summed E-state index contributed by atoms with van der Waals surface area (Å²) in [5.74, 6) is 0.384. The lowest BCUT2D eigenvalue weighted by atomic mass is 10.2. The van der Waals surface area contributed by atoms with Crippen LogP contribution in [0.5, 0.6) is 0 Å². The molecule has 0 fully saturated rings. The molecule has 29 heavy (non-hydrogen) atoms. The maximum Gasteiger partial charge on any atom is 0.222 e. The normalized spacial score (nSPS) is 10.5. The van der Waals surface area contributed by atoms with Gasteiger partial charge < -0.3 is 10.6 Å². The van der Waals surface area contributed by atoms with Crippen LogP contribution in [0.4, 0.5) is 0 Å². The quantitative estimate of drug-likeness (QED) is 0.549. The Balaban J connectivity index is 1.28. The Bertz CT molecular complexity index is 911. The van der Waals surface area contributed by atoms with Gasteiger partial charge in [-0.25, -0.2) is 0 Å². The van der Waals surface area contributed by atoms with Gasteiger partial charge in [0, 0.05) is 31.5 Å². The number of nitrogens with zero attached hydrogens (tertiary/aromatic N) is 4. The number of amides is 2. The summed E-state index contributed by atoms with van der Waals surface area (Å²) in [7, 11) is 0. The number of aromatic nitrogens is 4. The summed E-state index contributed by atoms with van der Waals surface area (Å²) in [5, 5.41) is 18.0. The van der Waals surface area contributed by atoms with Crippen LogP contribution in [0.1, 0.15) is 24.8 Å². The number of carbonyl (C=O) groups excluding carboxylic acids is 2. The molecule has 2 N–H and O–H groups in total. The molecule has 0 aliphatic heterocycles. The van der Waals surface area contributed by atoms with Gasteiger partial charge in [-0.2, -0.15) is 4.80 Å². The highest BCUT2D eigenvalue weighted by atomic mass is 16.2. The SMILES string of the molecule is O=C(CCCn1nnc(-c2ccccc2)n1)NCCC(=O)NCc1ccccc1. The van der Waals surface area contributed by atoms with Crippen LogP contribution in [0.2, 0.25) is 0 Å². The lowest BCUT2D eigenvalue weighted by molar-refractivity contribution is -0.122. The van der Waals surface area contributed by atoms with E-state index < -0.39 is 0 Å². The maximum absolute atomic E-state index is 11.9. The Morgan fingerprint density at radius 2 is 1.55 bits per heavy atom. The van der Waals surface area contributed by atoms with E-state index in [1.54, 1.807) is 0 Å². The van der Waals surface area contributed by atoms with Crippen molar-refractivity contribution in [1.29, 1.82) is 0 Å². The summed E-state index contributed by atoms with van der Waals surface area (Å²) < 4.78 is 0. The van der Waals surface area contributed by atoms with E-state index in [2.05, 4.69) is 26.0 Å². The predicted octanol–water partition coefficient (Wildman–Crippen LogP) is 1.94. The van der Waals surface area contributed by atoms with E-state index in [-0.39, 0.29) is 18.2 Å². The minimum absolute atomic E-state index is 0.0885. The van der Waals surface area contributed by atoms with Gasteiger partial charge in [0.05, 0.1) is 6.54 Å². The van der Waals surface area contributed by atoms with Crippen molar-refractivity contribution in [3.63, 3.8) is 0 Å². The Hall–Kier alpha value is -3.55. The summed E-state index contributed by atoms with van der Waals surface area (Å²) in [5.41, 5.74) is 1.95. The van der Waals surface area contributed by atoms with Crippen LogP contribution < -0.4 is 10.6 Å². The monoisotopic (exact) mass is 392 g/mol. The highest BCUT2D eigenvalue weighted by Gasteiger charge is 2.07. The molecule has 8 nitrogen and oxygen atoms in total. The lowest BCUT2D eigenvalue weighted by Crippen LogP contribution is -2.30. The summed E-state index contributed by atoms with van der Waals surface area (Å²) in [6.45, 7) is 1.31. The maximum atomic E-state index is 11.9. The van der Waals surface area contributed by atoms with Crippen molar-refractivity contribution in [3.05, 3.63) is 66.2 Å². The molecule has 3 rings (SSSR count). The van der Waals surface area contributed by atoms with Crippen molar-refractivity contribution in [3.8, 4) is 11.4 Å². The van der Waals surface area contributed by atoms with Crippen molar-refractivity contribution >= 4 is 11.8 Å². The number of hydrogen-bond acceptors (Lipinski definition) is 5. The molecule has 1 aromatic heterocycles. The van der Waals surface area contributed by atoms with E-state index in [0.29, 0.717) is 38.3 Å². The minimum atomic E-state index is -0.0933. The smallest absolute Gasteiger partial charge is 0.222 e. The van der Waals surface area contributed by atoms with Gasteiger partial charge in [-0.3, -0.25) is 9.59 Å². The summed E-state index contributed by atoms with van der Waals surface area (Å²) in [6, 6.07) is 19.3. The zero-order valence-electron chi connectivity index (χ0n) is 16.1. The molecule has 150 valence electrons. The van der Waals surface area contributed by atoms with Gasteiger partial charge in [-0.1, -0.05) is 60.7 Å². The van der Waals surface area contributed by atoms with E-state index in [0.717, 1.165) is 11.1 Å². The second-order valence-electron chi connectivity index (χ2n) is 6.54. The van der Waals surface area contributed by atoms with Gasteiger partial charge >= 0.3 is 0 Å². The largest absolute Gasteiger partial charge is 0.356 e. The Morgan fingerprint density at radius 1 is 0.862 bits per heavy atom. The Kier molecular flexibility index (Phi) is 7.45. The van der Waals surface area contributed by atoms with Crippen molar-refractivity contribution in [1.82, 2.24) is 30.8 Å². The molecular formula is C21H24N6O2. The first kappa shape index (κ1) is 20.2. The van der Waals surface area contributed by atoms with Crippen molar-refractivity contribution in [2.75, 3.05) is 6.54 Å². The fourth-order valence-electron chi connectivity index (χ4n) is 2.71. The fraction of sp³-hybridized carbons (Fsp3) is 0.286. The average molecular weight is 392 g/mol. The number of hydrogen-bond donors (Lipinski definition) is 2. The molecule has 1 heterocycles.